The van der Waals surface area contributed by atoms with Crippen LogP contribution in [0.15, 0.2) is 46.0 Å². The lowest BCUT2D eigenvalue weighted by molar-refractivity contribution is 0.0951. The highest BCUT2D eigenvalue weighted by molar-refractivity contribution is 9.10. The fraction of sp³-hybridized carbons (Fsp3) is 0.176. The lowest BCUT2D eigenvalue weighted by Crippen LogP contribution is -2.18. The number of nitrogens with one attached hydrogen (secondary N) is 1. The molecule has 2 aromatic carbocycles. The van der Waals surface area contributed by atoms with Gasteiger partial charge >= 0.3 is 0 Å². The van der Waals surface area contributed by atoms with Crippen molar-refractivity contribution in [3.05, 3.63) is 52.0 Å². The van der Waals surface area contributed by atoms with Crippen molar-refractivity contribution < 1.29 is 19.4 Å². The highest BCUT2D eigenvalue weighted by atomic mass is 79.9. The number of benzene rings is 2. The molecule has 0 fully saturated rings. The lowest BCUT2D eigenvalue weighted by Gasteiger charge is -2.08. The predicted octanol–water partition coefficient (Wildman–Crippen LogP) is 3.33. The monoisotopic (exact) mass is 392 g/mol. The van der Waals surface area contributed by atoms with Crippen LogP contribution < -0.4 is 14.9 Å². The zero-order chi connectivity index (χ0) is 17.5. The summed E-state index contributed by atoms with van der Waals surface area (Å²) in [6, 6.07) is 10.2. The molecule has 1 amide bonds. The number of halogens is 1. The maximum absolute atomic E-state index is 12.2. The van der Waals surface area contributed by atoms with E-state index in [0.717, 1.165) is 0 Å². The second-order valence-electron chi connectivity index (χ2n) is 4.67. The predicted molar refractivity (Wildman–Crippen MR) is 95.0 cm³/mol. The number of phenolic OH excluding ortho intramolecular Hbond substituents is 1. The molecule has 0 bridgehead atoms. The molecule has 6 nitrogen and oxygen atoms in total. The fourth-order valence-electron chi connectivity index (χ4n) is 2.00. The number of nitrogens with zero attached hydrogens (tertiary/aromatic N) is 1. The standard InChI is InChI=1S/C17H17BrN2O4/c1-3-24-14-7-5-4-6-13(14)17(22)20-19-10-11-8-12(18)9-15(23-2)16(11)21/h4-10,21H,3H2,1-2H3,(H,20,22)/b19-10-. The summed E-state index contributed by atoms with van der Waals surface area (Å²) < 4.78 is 11.2. The van der Waals surface area contributed by atoms with Gasteiger partial charge < -0.3 is 14.6 Å². The molecule has 0 saturated carbocycles. The number of methoxy groups -OCH3 is 1. The Morgan fingerprint density at radius 3 is 2.79 bits per heavy atom. The van der Waals surface area contributed by atoms with E-state index in [2.05, 4.69) is 26.5 Å². The molecule has 126 valence electrons. The third-order valence-corrected chi connectivity index (χ3v) is 3.55. The molecule has 0 unspecified atom stereocenters. The maximum Gasteiger partial charge on any atom is 0.275 e. The van der Waals surface area contributed by atoms with Gasteiger partial charge in [-0.1, -0.05) is 28.1 Å². The zero-order valence-corrected chi connectivity index (χ0v) is 14.8. The quantitative estimate of drug-likeness (QED) is 0.583. The average molecular weight is 393 g/mol. The summed E-state index contributed by atoms with van der Waals surface area (Å²) in [4.78, 5) is 12.2. The highest BCUT2D eigenvalue weighted by Gasteiger charge is 2.11. The Labute approximate surface area is 148 Å². The van der Waals surface area contributed by atoms with Crippen LogP contribution in [0.5, 0.6) is 17.2 Å². The summed E-state index contributed by atoms with van der Waals surface area (Å²) in [5.74, 6) is 0.323. The molecule has 0 aliphatic rings. The molecule has 0 atom stereocenters. The van der Waals surface area contributed by atoms with Crippen LogP contribution in [0.4, 0.5) is 0 Å². The van der Waals surface area contributed by atoms with Gasteiger partial charge in [-0.25, -0.2) is 5.43 Å². The van der Waals surface area contributed by atoms with Gasteiger partial charge in [-0.3, -0.25) is 4.79 Å². The Balaban J connectivity index is 2.15. The SMILES string of the molecule is CCOc1ccccc1C(=O)N/N=C\c1cc(Br)cc(OC)c1O. The van der Waals surface area contributed by atoms with Gasteiger partial charge in [0.2, 0.25) is 0 Å². The van der Waals surface area contributed by atoms with Crippen LogP contribution in [0.2, 0.25) is 0 Å². The highest BCUT2D eigenvalue weighted by Crippen LogP contribution is 2.32. The number of hydrazone groups is 1. The third-order valence-electron chi connectivity index (χ3n) is 3.09. The first-order valence-electron chi connectivity index (χ1n) is 7.18. The van der Waals surface area contributed by atoms with E-state index in [0.29, 0.717) is 33.7 Å². The molecule has 0 aliphatic carbocycles. The summed E-state index contributed by atoms with van der Waals surface area (Å²) in [5, 5.41) is 13.9. The Morgan fingerprint density at radius 2 is 2.08 bits per heavy atom. The maximum atomic E-state index is 12.2. The van der Waals surface area contributed by atoms with E-state index in [1.54, 1.807) is 36.4 Å². The van der Waals surface area contributed by atoms with Gasteiger partial charge in [0.1, 0.15) is 5.75 Å². The number of para-hydroxylation sites is 1. The van der Waals surface area contributed by atoms with Crippen molar-refractivity contribution in [3.63, 3.8) is 0 Å². The number of hydrogen-bond donors (Lipinski definition) is 2. The van der Waals surface area contributed by atoms with Crippen LogP contribution in [0.3, 0.4) is 0 Å². The molecular weight excluding hydrogens is 376 g/mol. The summed E-state index contributed by atoms with van der Waals surface area (Å²) in [5.41, 5.74) is 3.20. The van der Waals surface area contributed by atoms with Gasteiger partial charge in [0, 0.05) is 10.0 Å². The molecule has 7 heteroatoms. The molecule has 2 aromatic rings. The van der Waals surface area contributed by atoms with Crippen molar-refractivity contribution in [1.29, 1.82) is 0 Å². The van der Waals surface area contributed by atoms with Crippen LogP contribution >= 0.6 is 15.9 Å². The second kappa shape index (κ2) is 8.35. The Morgan fingerprint density at radius 1 is 1.33 bits per heavy atom. The van der Waals surface area contributed by atoms with Crippen LogP contribution in [0.25, 0.3) is 0 Å². The number of rotatable bonds is 6. The third kappa shape index (κ3) is 4.26. The van der Waals surface area contributed by atoms with Crippen molar-refractivity contribution >= 4 is 28.1 Å². The van der Waals surface area contributed by atoms with Gasteiger partial charge in [0.25, 0.3) is 5.91 Å². The topological polar surface area (TPSA) is 80.2 Å². The average Bonchev–Trinajstić information content (AvgIpc) is 2.58. The van der Waals surface area contributed by atoms with E-state index in [9.17, 15) is 9.90 Å². The number of amides is 1. The van der Waals surface area contributed by atoms with Crippen LogP contribution in [0.1, 0.15) is 22.8 Å². The molecule has 0 saturated heterocycles. The van der Waals surface area contributed by atoms with Gasteiger partial charge in [0.15, 0.2) is 11.5 Å². The van der Waals surface area contributed by atoms with Crippen LogP contribution in [-0.2, 0) is 0 Å². The van der Waals surface area contributed by atoms with Crippen LogP contribution in [0, 0.1) is 0 Å². The minimum Gasteiger partial charge on any atom is -0.504 e. The zero-order valence-electron chi connectivity index (χ0n) is 13.2. The number of phenols is 1. The van der Waals surface area contributed by atoms with E-state index >= 15 is 0 Å². The number of hydrogen-bond acceptors (Lipinski definition) is 5. The van der Waals surface area contributed by atoms with E-state index in [-0.39, 0.29) is 5.75 Å². The van der Waals surface area contributed by atoms with Crippen molar-refractivity contribution in [2.24, 2.45) is 5.10 Å². The number of ether oxygens (including phenoxy) is 2. The van der Waals surface area contributed by atoms with Crippen molar-refractivity contribution in [2.75, 3.05) is 13.7 Å². The molecule has 2 rings (SSSR count). The first kappa shape index (κ1) is 17.8. The van der Waals surface area contributed by atoms with E-state index in [4.69, 9.17) is 9.47 Å². The van der Waals surface area contributed by atoms with E-state index < -0.39 is 5.91 Å². The largest absolute Gasteiger partial charge is 0.504 e. The van der Waals surface area contributed by atoms with Gasteiger partial charge in [-0.2, -0.15) is 5.10 Å². The van der Waals surface area contributed by atoms with Gasteiger partial charge in [-0.05, 0) is 31.2 Å². The first-order chi connectivity index (χ1) is 11.6. The first-order valence-corrected chi connectivity index (χ1v) is 7.97. The normalized spacial score (nSPS) is 10.6. The number of carbonyl (C=O) groups is 1. The van der Waals surface area contributed by atoms with Crippen molar-refractivity contribution in [3.8, 4) is 17.2 Å². The minimum atomic E-state index is -0.406. The fourth-order valence-corrected chi connectivity index (χ4v) is 2.46. The summed E-state index contributed by atoms with van der Waals surface area (Å²) in [6.07, 6.45) is 1.34. The molecule has 2 N–H and O–H groups in total. The molecular formula is C17H17BrN2O4. The molecule has 0 radical (unpaired) electrons. The Bertz CT molecular complexity index is 762. The van der Waals surface area contributed by atoms with Crippen LogP contribution in [-0.4, -0.2) is 30.9 Å². The molecule has 0 heterocycles. The summed E-state index contributed by atoms with van der Waals surface area (Å²) in [6.45, 7) is 2.30. The molecule has 24 heavy (non-hydrogen) atoms. The minimum absolute atomic E-state index is 0.0617. The van der Waals surface area contributed by atoms with Crippen molar-refractivity contribution in [2.45, 2.75) is 6.92 Å². The molecule has 0 aliphatic heterocycles. The summed E-state index contributed by atoms with van der Waals surface area (Å²) in [7, 11) is 1.45. The Hall–Kier alpha value is -2.54. The van der Waals surface area contributed by atoms with E-state index in [1.165, 1.54) is 13.3 Å². The number of carbonyl (C=O) groups excluding carboxylic acids is 1. The van der Waals surface area contributed by atoms with Gasteiger partial charge in [-0.15, -0.1) is 0 Å². The lowest BCUT2D eigenvalue weighted by atomic mass is 10.2. The smallest absolute Gasteiger partial charge is 0.275 e. The van der Waals surface area contributed by atoms with Gasteiger partial charge in [0.05, 0.1) is 25.5 Å². The Kier molecular flexibility index (Phi) is 6.20. The summed E-state index contributed by atoms with van der Waals surface area (Å²) >= 11 is 3.32. The molecule has 0 spiro atoms. The van der Waals surface area contributed by atoms with Crippen molar-refractivity contribution in [1.82, 2.24) is 5.43 Å². The second-order valence-corrected chi connectivity index (χ2v) is 5.59. The molecule has 0 aromatic heterocycles. The van der Waals surface area contributed by atoms with E-state index in [1.807, 2.05) is 6.92 Å². The number of aromatic hydroxyl groups is 1.